The molecule has 0 bridgehead atoms. The van der Waals surface area contributed by atoms with E-state index in [9.17, 15) is 14.4 Å². The lowest BCUT2D eigenvalue weighted by molar-refractivity contribution is -0.137. The Labute approximate surface area is 400 Å². The predicted molar refractivity (Wildman–Crippen MR) is 257 cm³/mol. The summed E-state index contributed by atoms with van der Waals surface area (Å²) in [7, 11) is 0. The van der Waals surface area contributed by atoms with Crippen LogP contribution < -0.4 is 11.1 Å². The molecule has 3 N–H and O–H groups in total. The van der Waals surface area contributed by atoms with E-state index < -0.39 is 12.1 Å². The Bertz CT molecular complexity index is 2090. The van der Waals surface area contributed by atoms with Gasteiger partial charge in [0.15, 0.2) is 0 Å². The molecule has 4 aliphatic rings. The van der Waals surface area contributed by atoms with Crippen molar-refractivity contribution < 1.29 is 14.4 Å². The Morgan fingerprint density at radius 2 is 1.08 bits per heavy atom. The summed E-state index contributed by atoms with van der Waals surface area (Å²) >= 11 is 12.0. The van der Waals surface area contributed by atoms with E-state index in [1.54, 1.807) is 31.1 Å². The van der Waals surface area contributed by atoms with Gasteiger partial charge in [0.05, 0.1) is 6.04 Å². The highest BCUT2D eigenvalue weighted by Crippen LogP contribution is 2.31. The summed E-state index contributed by atoms with van der Waals surface area (Å²) < 4.78 is 3.92. The normalized spacial score (nSPS) is 23.1. The Hall–Kier alpha value is -4.67. The highest BCUT2D eigenvalue weighted by atomic mass is 35.5. The molecule has 15 nitrogen and oxygen atoms in total. The van der Waals surface area contributed by atoms with Crippen molar-refractivity contribution >= 4 is 40.9 Å². The number of nitrogens with one attached hydrogen (secondary N) is 1. The first kappa shape index (κ1) is 49.2. The summed E-state index contributed by atoms with van der Waals surface area (Å²) in [5, 5.41) is 12.8. The van der Waals surface area contributed by atoms with Crippen LogP contribution in [0.1, 0.15) is 75.3 Å². The molecule has 0 radical (unpaired) electrons. The van der Waals surface area contributed by atoms with Crippen LogP contribution in [-0.2, 0) is 40.3 Å². The number of hydrogen-bond acceptors (Lipinski definition) is 10. The van der Waals surface area contributed by atoms with E-state index >= 15 is 0 Å². The maximum Gasteiger partial charge on any atom is 0.245 e. The molecule has 4 heterocycles. The van der Waals surface area contributed by atoms with Crippen molar-refractivity contribution in [1.82, 2.24) is 54.4 Å². The Morgan fingerprint density at radius 1 is 0.636 bits per heavy atom. The monoisotopic (exact) mass is 942 g/mol. The zero-order valence-electron chi connectivity index (χ0n) is 38.3. The standard InChI is InChI=1S/C26H35ClN6O2.C23H33ClN6O/c1-2-25(34)30-23(16-20-8-10-22(27)11-9-20)26(35)32-14-12-31(13-15-32)24-7-5-3-4-6-21(24)17-33-19-28-18-29-33;24-20-8-6-18(7-9-20)14-21(25)23(31)29-12-10-28(11-13-29)22-5-3-1-2-4-19(22)15-30-17-26-16-27-30/h2,8-11,18-19,21,23-24H,1,3-7,12-17H2,(H,30,34);6-9,16-17,19,21-22H,1-5,10-15,25H2/t21?,23-,24?;19?,21-,22?/m11/s1. The second kappa shape index (κ2) is 24.9. The highest BCUT2D eigenvalue weighted by Gasteiger charge is 2.36. The third-order valence-electron chi connectivity index (χ3n) is 14.0. The van der Waals surface area contributed by atoms with E-state index in [-0.39, 0.29) is 17.7 Å². The molecule has 2 saturated carbocycles. The number of rotatable bonds is 14. The molecule has 0 spiro atoms. The first-order valence-electron chi connectivity index (χ1n) is 24.0. The van der Waals surface area contributed by atoms with Gasteiger partial charge in [-0.15, -0.1) is 0 Å². The van der Waals surface area contributed by atoms with Crippen molar-refractivity contribution in [3.8, 4) is 0 Å². The van der Waals surface area contributed by atoms with E-state index in [0.717, 1.165) is 63.5 Å². The van der Waals surface area contributed by atoms with Gasteiger partial charge in [-0.25, -0.2) is 9.97 Å². The van der Waals surface area contributed by atoms with Gasteiger partial charge in [0, 0.05) is 94.0 Å². The van der Waals surface area contributed by atoms with Crippen molar-refractivity contribution in [2.45, 2.75) is 114 Å². The molecule has 2 aromatic heterocycles. The molecule has 2 aromatic carbocycles. The van der Waals surface area contributed by atoms with E-state index in [0.29, 0.717) is 59.9 Å². The topological polar surface area (TPSA) is 164 Å². The first-order valence-corrected chi connectivity index (χ1v) is 24.8. The van der Waals surface area contributed by atoms with Gasteiger partial charge in [-0.3, -0.25) is 33.5 Å². The Balaban J connectivity index is 0.000000198. The molecule has 6 atom stereocenters. The SMILES string of the molecule is C=CC(=O)N[C@H](Cc1ccc(Cl)cc1)C(=O)N1CCN(C2CCCCCC2Cn2cncn2)CC1.N[C@H](Cc1ccc(Cl)cc1)C(=O)N1CCN(C2CCCCCC2Cn2cncn2)CC1. The third-order valence-corrected chi connectivity index (χ3v) is 14.5. The lowest BCUT2D eigenvalue weighted by atomic mass is 9.92. The van der Waals surface area contributed by atoms with E-state index in [1.165, 1.54) is 70.3 Å². The highest BCUT2D eigenvalue weighted by molar-refractivity contribution is 6.30. The van der Waals surface area contributed by atoms with Crippen LogP contribution in [0.15, 0.2) is 86.5 Å². The maximum atomic E-state index is 13.4. The number of piperazine rings is 2. The van der Waals surface area contributed by atoms with E-state index in [1.807, 2.05) is 61.9 Å². The molecule has 17 heteroatoms. The van der Waals surface area contributed by atoms with Crippen LogP contribution in [0, 0.1) is 11.8 Å². The summed E-state index contributed by atoms with van der Waals surface area (Å²) in [5.41, 5.74) is 8.25. The van der Waals surface area contributed by atoms with Crippen LogP contribution in [0.2, 0.25) is 10.0 Å². The number of nitrogens with zero attached hydrogens (tertiary/aromatic N) is 10. The molecule has 2 saturated heterocycles. The number of hydrogen-bond donors (Lipinski definition) is 2. The van der Waals surface area contributed by atoms with Gasteiger partial charge in [0.1, 0.15) is 31.4 Å². The number of aromatic nitrogens is 6. The number of amides is 3. The largest absolute Gasteiger partial charge is 0.340 e. The fourth-order valence-corrected chi connectivity index (χ4v) is 10.8. The first-order chi connectivity index (χ1) is 32.1. The van der Waals surface area contributed by atoms with Crippen molar-refractivity contribution in [1.29, 1.82) is 0 Å². The molecule has 66 heavy (non-hydrogen) atoms. The average Bonchev–Trinajstić information content (AvgIpc) is 3.95. The molecule has 2 aliphatic heterocycles. The molecule has 4 fully saturated rings. The second-order valence-corrected chi connectivity index (χ2v) is 19.3. The smallest absolute Gasteiger partial charge is 0.245 e. The lowest BCUT2D eigenvalue weighted by Gasteiger charge is -2.42. The number of carbonyl (C=O) groups is 3. The molecule has 3 amide bonds. The number of benzene rings is 2. The van der Waals surface area contributed by atoms with Gasteiger partial charge in [0.2, 0.25) is 17.7 Å². The summed E-state index contributed by atoms with van der Waals surface area (Å²) in [6.45, 7) is 11.7. The third kappa shape index (κ3) is 14.2. The van der Waals surface area contributed by atoms with Crippen LogP contribution in [0.5, 0.6) is 0 Å². The zero-order valence-corrected chi connectivity index (χ0v) is 39.8. The van der Waals surface area contributed by atoms with Crippen LogP contribution in [0.25, 0.3) is 0 Å². The van der Waals surface area contributed by atoms with Crippen LogP contribution in [-0.4, -0.2) is 143 Å². The number of halogens is 2. The van der Waals surface area contributed by atoms with E-state index in [2.05, 4.69) is 41.9 Å². The summed E-state index contributed by atoms with van der Waals surface area (Å²) in [4.78, 5) is 55.6. The molecular formula is C49H68Cl2N12O3. The van der Waals surface area contributed by atoms with Crippen LogP contribution >= 0.6 is 23.2 Å². The van der Waals surface area contributed by atoms with Crippen LogP contribution in [0.4, 0.5) is 0 Å². The van der Waals surface area contributed by atoms with Crippen LogP contribution in [0.3, 0.4) is 0 Å². The maximum absolute atomic E-state index is 13.4. The minimum Gasteiger partial charge on any atom is -0.340 e. The van der Waals surface area contributed by atoms with Gasteiger partial charge >= 0.3 is 0 Å². The number of carbonyl (C=O) groups excluding carboxylic acids is 3. The van der Waals surface area contributed by atoms with E-state index in [4.69, 9.17) is 28.9 Å². The van der Waals surface area contributed by atoms with Gasteiger partial charge < -0.3 is 20.9 Å². The molecule has 356 valence electrons. The minimum atomic E-state index is -0.633. The molecule has 2 aliphatic carbocycles. The Kier molecular flexibility index (Phi) is 18.6. The van der Waals surface area contributed by atoms with Crippen molar-refractivity contribution in [3.63, 3.8) is 0 Å². The zero-order chi connectivity index (χ0) is 46.3. The molecule has 8 rings (SSSR count). The van der Waals surface area contributed by atoms with Gasteiger partial charge in [-0.05, 0) is 85.4 Å². The van der Waals surface area contributed by atoms with Crippen molar-refractivity contribution in [2.24, 2.45) is 17.6 Å². The molecule has 4 aromatic rings. The van der Waals surface area contributed by atoms with Crippen molar-refractivity contribution in [2.75, 3.05) is 52.4 Å². The second-order valence-electron chi connectivity index (χ2n) is 18.4. The van der Waals surface area contributed by atoms with Gasteiger partial charge in [0.25, 0.3) is 0 Å². The fourth-order valence-electron chi connectivity index (χ4n) is 10.5. The van der Waals surface area contributed by atoms with Crippen molar-refractivity contribution in [3.05, 3.63) is 108 Å². The average molecular weight is 944 g/mol. The summed E-state index contributed by atoms with van der Waals surface area (Å²) in [5.74, 6) is 0.777. The quantitative estimate of drug-likeness (QED) is 0.121. The number of nitrogens with two attached hydrogens (primary N) is 1. The van der Waals surface area contributed by atoms with Gasteiger partial charge in [-0.2, -0.15) is 10.2 Å². The molecular weight excluding hydrogens is 876 g/mol. The Morgan fingerprint density at radius 3 is 1.52 bits per heavy atom. The lowest BCUT2D eigenvalue weighted by Crippen LogP contribution is -2.57. The fraction of sp³-hybridized carbons (Fsp3) is 0.571. The van der Waals surface area contributed by atoms with Gasteiger partial charge in [-0.1, -0.05) is 92.6 Å². The predicted octanol–water partition coefficient (Wildman–Crippen LogP) is 5.53. The summed E-state index contributed by atoms with van der Waals surface area (Å²) in [6, 6.07) is 14.8. The minimum absolute atomic E-state index is 0.0465. The molecule has 4 unspecified atom stereocenters. The summed E-state index contributed by atoms with van der Waals surface area (Å²) in [6.07, 6.45) is 21.5.